The first-order valence-electron chi connectivity index (χ1n) is 10.2. The first-order valence-corrected chi connectivity index (χ1v) is 12.2. The molecular weight excluding hydrogens is 509 g/mol. The van der Waals surface area contributed by atoms with E-state index in [1.54, 1.807) is 24.3 Å². The van der Waals surface area contributed by atoms with Gasteiger partial charge in [-0.2, -0.15) is 8.42 Å². The average Bonchev–Trinajstić information content (AvgIpc) is 3.24. The third-order valence-corrected chi connectivity index (χ3v) is 6.50. The molecule has 35 heavy (non-hydrogen) atoms. The second kappa shape index (κ2) is 12.2. The van der Waals surface area contributed by atoms with Gasteiger partial charge >= 0.3 is 35.5 Å². The minimum Gasteiger partial charge on any atom is -0.497 e. The van der Waals surface area contributed by atoms with Gasteiger partial charge in [0, 0.05) is 25.7 Å². The molecule has 2 heterocycles. The van der Waals surface area contributed by atoms with E-state index >= 15 is 0 Å². The number of hydrogen-bond donors (Lipinski definition) is 1. The minimum atomic E-state index is -4.05. The Labute approximate surface area is 231 Å². The second-order valence-electron chi connectivity index (χ2n) is 7.45. The van der Waals surface area contributed by atoms with Gasteiger partial charge in [0.1, 0.15) is 18.0 Å². The normalized spacial score (nSPS) is 17.5. The molecule has 1 aromatic carbocycles. The topological polar surface area (TPSA) is 126 Å². The maximum Gasteiger partial charge on any atom is 1.00 e. The summed E-state index contributed by atoms with van der Waals surface area (Å²) < 4.78 is 46.9. The van der Waals surface area contributed by atoms with E-state index < -0.39 is 16.1 Å². The van der Waals surface area contributed by atoms with Crippen molar-refractivity contribution in [2.45, 2.75) is 12.8 Å². The summed E-state index contributed by atoms with van der Waals surface area (Å²) in [5.41, 5.74) is 0.906. The Bertz CT molecular complexity index is 1170. The number of nitrogens with zero attached hydrogens (tertiary/aromatic N) is 3. The van der Waals surface area contributed by atoms with E-state index in [2.05, 4.69) is 0 Å². The summed E-state index contributed by atoms with van der Waals surface area (Å²) in [6.07, 6.45) is 3.78. The van der Waals surface area contributed by atoms with Crippen LogP contribution in [-0.2, 0) is 24.4 Å². The zero-order valence-electron chi connectivity index (χ0n) is 19.9. The van der Waals surface area contributed by atoms with Crippen molar-refractivity contribution >= 4 is 45.0 Å². The van der Waals surface area contributed by atoms with Gasteiger partial charge in [-0.25, -0.2) is 0 Å². The molecule has 0 atom stereocenters. The molecule has 0 unspecified atom stereocenters. The van der Waals surface area contributed by atoms with E-state index in [0.717, 1.165) is 5.69 Å². The molecule has 1 aromatic rings. The molecule has 11 nitrogen and oxygen atoms in total. The Morgan fingerprint density at radius 3 is 2.54 bits per heavy atom. The fourth-order valence-electron chi connectivity index (χ4n) is 3.44. The van der Waals surface area contributed by atoms with E-state index in [1.807, 2.05) is 4.90 Å². The van der Waals surface area contributed by atoms with Crippen LogP contribution in [0.1, 0.15) is 12.8 Å². The maximum atomic E-state index is 12.7. The number of ether oxygens (including phenoxy) is 3. The summed E-state index contributed by atoms with van der Waals surface area (Å²) in [5, 5.41) is 0.169. The molecule has 1 N–H and O–H groups in total. The van der Waals surface area contributed by atoms with Crippen molar-refractivity contribution in [1.82, 2.24) is 9.80 Å². The molecule has 2 aliphatic rings. The predicted octanol–water partition coefficient (Wildman–Crippen LogP) is -1.48. The van der Waals surface area contributed by atoms with Crippen molar-refractivity contribution in [2.75, 3.05) is 45.0 Å². The fourth-order valence-corrected chi connectivity index (χ4v) is 4.25. The molecular formula is C21H25N3NaO8S2+. The number of carbonyl (C=O) groups is 2. The Kier molecular flexibility index (Phi) is 10.1. The van der Waals surface area contributed by atoms with Crippen LogP contribution in [0.2, 0.25) is 0 Å². The number of rotatable bonds is 9. The summed E-state index contributed by atoms with van der Waals surface area (Å²) >= 11 is 5.28. The van der Waals surface area contributed by atoms with Gasteiger partial charge in [-0.15, -0.1) is 0 Å². The van der Waals surface area contributed by atoms with Crippen LogP contribution in [0.15, 0.2) is 41.9 Å². The van der Waals surface area contributed by atoms with Gasteiger partial charge in [-0.1, -0.05) is 0 Å². The van der Waals surface area contributed by atoms with E-state index in [1.165, 1.54) is 37.1 Å². The van der Waals surface area contributed by atoms with Gasteiger partial charge in [-0.05, 0) is 43.3 Å². The molecule has 1 saturated heterocycles. The van der Waals surface area contributed by atoms with Gasteiger partial charge in [-0.3, -0.25) is 19.0 Å². The standard InChI is InChI=1S/C21H25N3O8S2.Na/c1-22-20(26)16(24(21(22)33)13-19(25)31-3)8-9-18-23(10-4-5-11-34(27,28)29)15-7-6-14(30-2)12-17(15)32-18;/h6-9,12H,4-5,10-11,13H2,1-3H3,(H,27,28,29);/q;+1/b16-8+,18-9+;. The number of benzene rings is 1. The number of unbranched alkanes of at least 4 members (excludes halogenated alkanes) is 1. The van der Waals surface area contributed by atoms with Crippen molar-refractivity contribution in [1.29, 1.82) is 0 Å². The van der Waals surface area contributed by atoms with Crippen LogP contribution in [0.4, 0.5) is 5.69 Å². The van der Waals surface area contributed by atoms with Crippen molar-refractivity contribution < 1.29 is 66.3 Å². The molecule has 0 radical (unpaired) electrons. The molecule has 184 valence electrons. The Morgan fingerprint density at radius 2 is 1.91 bits per heavy atom. The average molecular weight is 535 g/mol. The van der Waals surface area contributed by atoms with E-state index in [4.69, 9.17) is 31.0 Å². The molecule has 0 aromatic heterocycles. The van der Waals surface area contributed by atoms with Gasteiger partial charge in [0.25, 0.3) is 16.0 Å². The predicted molar refractivity (Wildman–Crippen MR) is 127 cm³/mol. The van der Waals surface area contributed by atoms with Crippen molar-refractivity contribution in [3.63, 3.8) is 0 Å². The van der Waals surface area contributed by atoms with Crippen LogP contribution in [0.5, 0.6) is 11.5 Å². The van der Waals surface area contributed by atoms with Crippen LogP contribution in [-0.4, -0.2) is 79.9 Å². The van der Waals surface area contributed by atoms with E-state index in [9.17, 15) is 18.0 Å². The molecule has 0 saturated carbocycles. The summed E-state index contributed by atoms with van der Waals surface area (Å²) in [7, 11) is 0.245. The number of methoxy groups -OCH3 is 2. The van der Waals surface area contributed by atoms with Crippen LogP contribution in [0.25, 0.3) is 0 Å². The number of hydrogen-bond acceptors (Lipinski definition) is 9. The van der Waals surface area contributed by atoms with E-state index in [-0.39, 0.29) is 65.0 Å². The van der Waals surface area contributed by atoms with E-state index in [0.29, 0.717) is 30.3 Å². The van der Waals surface area contributed by atoms with Crippen LogP contribution in [0, 0.1) is 0 Å². The second-order valence-corrected chi connectivity index (χ2v) is 9.38. The number of anilines is 1. The molecule has 3 rings (SSSR count). The van der Waals surface area contributed by atoms with Crippen LogP contribution in [0.3, 0.4) is 0 Å². The molecule has 2 aliphatic heterocycles. The summed E-state index contributed by atoms with van der Waals surface area (Å²) in [5.74, 6) is 0.209. The quantitative estimate of drug-likeness (QED) is 0.0996. The monoisotopic (exact) mass is 534 g/mol. The number of amides is 1. The molecule has 0 bridgehead atoms. The number of likely N-dealkylation sites (N-methyl/N-ethyl adjacent to an activating group) is 1. The third kappa shape index (κ3) is 6.96. The molecule has 0 spiro atoms. The number of thiocarbonyl (C=S) groups is 1. The Balaban J connectivity index is 0.00000432. The largest absolute Gasteiger partial charge is 1.00 e. The zero-order chi connectivity index (χ0) is 25.0. The molecule has 14 heteroatoms. The summed E-state index contributed by atoms with van der Waals surface area (Å²) in [6, 6.07) is 5.28. The third-order valence-electron chi connectivity index (χ3n) is 5.20. The summed E-state index contributed by atoms with van der Waals surface area (Å²) in [4.78, 5) is 28.9. The first-order chi connectivity index (χ1) is 16.1. The van der Waals surface area contributed by atoms with Gasteiger partial charge in [0.2, 0.25) is 5.88 Å². The minimum absolute atomic E-state index is 0. The smallest absolute Gasteiger partial charge is 0.497 e. The van der Waals surface area contributed by atoms with Gasteiger partial charge in [0.15, 0.2) is 10.9 Å². The Hall–Kier alpha value is -2.16. The van der Waals surface area contributed by atoms with Crippen LogP contribution >= 0.6 is 12.2 Å². The zero-order valence-corrected chi connectivity index (χ0v) is 23.5. The molecule has 1 amide bonds. The number of allylic oxidation sites excluding steroid dienone is 2. The van der Waals surface area contributed by atoms with Crippen molar-refractivity contribution in [3.05, 3.63) is 41.9 Å². The maximum absolute atomic E-state index is 12.7. The molecule has 0 aliphatic carbocycles. The molecule has 1 fully saturated rings. The fraction of sp³-hybridized carbons (Fsp3) is 0.381. The van der Waals surface area contributed by atoms with Crippen LogP contribution < -0.4 is 43.9 Å². The summed E-state index contributed by atoms with van der Waals surface area (Å²) in [6.45, 7) is 0.167. The first kappa shape index (κ1) is 29.1. The van der Waals surface area contributed by atoms with Crippen molar-refractivity contribution in [2.24, 2.45) is 0 Å². The van der Waals surface area contributed by atoms with Gasteiger partial charge in [0.05, 0.1) is 25.7 Å². The Morgan fingerprint density at radius 1 is 1.20 bits per heavy atom. The number of fused-ring (bicyclic) bond motifs is 1. The van der Waals surface area contributed by atoms with Crippen molar-refractivity contribution in [3.8, 4) is 11.5 Å². The number of esters is 1. The van der Waals surface area contributed by atoms with Gasteiger partial charge < -0.3 is 24.0 Å². The number of carbonyl (C=O) groups excluding carboxylic acids is 2. The SMILES string of the molecule is COC(=O)CN1C(=S)N(C)C(=O)/C1=C\C=C1\Oc2cc(OC)ccc2N1CCCCS(=O)(=O)O.[Na+].